The van der Waals surface area contributed by atoms with Gasteiger partial charge in [-0.2, -0.15) is 0 Å². The van der Waals surface area contributed by atoms with Crippen molar-refractivity contribution in [1.29, 1.82) is 0 Å². The van der Waals surface area contributed by atoms with Crippen molar-refractivity contribution in [2.75, 3.05) is 18.9 Å². The lowest BCUT2D eigenvalue weighted by Gasteiger charge is -2.13. The first-order valence-corrected chi connectivity index (χ1v) is 6.21. The smallest absolute Gasteiger partial charge is 0.319 e. The summed E-state index contributed by atoms with van der Waals surface area (Å²) in [6.45, 7) is 1.14. The minimum Gasteiger partial charge on any atom is -0.344 e. The van der Waals surface area contributed by atoms with Gasteiger partial charge in [-0.15, -0.1) is 0 Å². The molecule has 0 aromatic heterocycles. The summed E-state index contributed by atoms with van der Waals surface area (Å²) in [7, 11) is 1.73. The van der Waals surface area contributed by atoms with Gasteiger partial charge in [0.25, 0.3) is 0 Å². The number of carbonyl (C=O) groups is 2. The average Bonchev–Trinajstić information content (AvgIpc) is 2.71. The lowest BCUT2D eigenvalue weighted by atomic mass is 10.2. The van der Waals surface area contributed by atoms with Gasteiger partial charge in [-0.05, 0) is 24.1 Å². The van der Waals surface area contributed by atoms with Crippen molar-refractivity contribution in [3.8, 4) is 0 Å². The minimum atomic E-state index is -0.423. The molecule has 2 rings (SSSR count). The number of nitrogens with zero attached hydrogens (tertiary/aromatic N) is 1. The average molecular weight is 262 g/mol. The molecular weight excluding hydrogens is 244 g/mol. The van der Waals surface area contributed by atoms with E-state index in [1.54, 1.807) is 24.1 Å². The summed E-state index contributed by atoms with van der Waals surface area (Å²) < 4.78 is 0. The Balaban J connectivity index is 1.88. The third kappa shape index (κ3) is 3.23. The molecule has 1 unspecified atom stereocenters. The summed E-state index contributed by atoms with van der Waals surface area (Å²) in [5, 5.41) is 5.36. The van der Waals surface area contributed by atoms with Crippen LogP contribution in [0.25, 0.3) is 0 Å². The first-order chi connectivity index (χ1) is 9.10. The number of likely N-dealkylation sites (N-methyl/N-ethyl adjacent to an activating group) is 1. The van der Waals surface area contributed by atoms with Crippen LogP contribution in [-0.2, 0) is 11.3 Å². The van der Waals surface area contributed by atoms with E-state index in [4.69, 9.17) is 5.73 Å². The van der Waals surface area contributed by atoms with Gasteiger partial charge >= 0.3 is 6.03 Å². The molecule has 0 bridgehead atoms. The van der Waals surface area contributed by atoms with Crippen molar-refractivity contribution in [3.05, 3.63) is 29.8 Å². The molecule has 0 saturated carbocycles. The molecule has 1 aliphatic rings. The number of nitrogens with two attached hydrogens (primary N) is 1. The van der Waals surface area contributed by atoms with Gasteiger partial charge in [-0.3, -0.25) is 4.79 Å². The van der Waals surface area contributed by atoms with Gasteiger partial charge < -0.3 is 21.3 Å². The Morgan fingerprint density at radius 2 is 2.11 bits per heavy atom. The van der Waals surface area contributed by atoms with Crippen LogP contribution in [0.1, 0.15) is 12.0 Å². The lowest BCUT2D eigenvalue weighted by Crippen LogP contribution is -2.42. The second kappa shape index (κ2) is 5.71. The first-order valence-electron chi connectivity index (χ1n) is 6.21. The third-order valence-corrected chi connectivity index (χ3v) is 3.18. The van der Waals surface area contributed by atoms with Crippen LogP contribution < -0.4 is 16.4 Å². The predicted molar refractivity (Wildman–Crippen MR) is 72.5 cm³/mol. The molecule has 0 aliphatic carbocycles. The lowest BCUT2D eigenvalue weighted by molar-refractivity contribution is -0.128. The molecular formula is C13H18N4O2. The van der Waals surface area contributed by atoms with E-state index in [0.717, 1.165) is 5.56 Å². The number of nitrogens with one attached hydrogen (secondary N) is 2. The van der Waals surface area contributed by atoms with E-state index in [-0.39, 0.29) is 11.9 Å². The number of hydrogen-bond acceptors (Lipinski definition) is 3. The number of rotatable bonds is 3. The van der Waals surface area contributed by atoms with Gasteiger partial charge in [0.1, 0.15) is 6.04 Å². The number of hydrogen-bond donors (Lipinski definition) is 3. The fourth-order valence-electron chi connectivity index (χ4n) is 2.01. The molecule has 6 heteroatoms. The zero-order valence-corrected chi connectivity index (χ0v) is 10.8. The van der Waals surface area contributed by atoms with Gasteiger partial charge in [0.2, 0.25) is 5.91 Å². The molecule has 19 heavy (non-hydrogen) atoms. The maximum Gasteiger partial charge on any atom is 0.319 e. The van der Waals surface area contributed by atoms with Gasteiger partial charge in [-0.25, -0.2) is 4.79 Å². The number of likely N-dealkylation sites (tertiary alicyclic amines) is 1. The molecule has 1 saturated heterocycles. The van der Waals surface area contributed by atoms with E-state index in [1.807, 2.05) is 12.1 Å². The van der Waals surface area contributed by atoms with E-state index in [2.05, 4.69) is 10.6 Å². The molecule has 1 fully saturated rings. The fraction of sp³-hybridized carbons (Fsp3) is 0.385. The van der Waals surface area contributed by atoms with Crippen LogP contribution in [0.4, 0.5) is 10.5 Å². The highest BCUT2D eigenvalue weighted by atomic mass is 16.2. The summed E-state index contributed by atoms with van der Waals surface area (Å²) in [5.74, 6) is -0.0476. The largest absolute Gasteiger partial charge is 0.344 e. The normalized spacial score (nSPS) is 18.5. The Morgan fingerprint density at radius 1 is 1.42 bits per heavy atom. The van der Waals surface area contributed by atoms with Crippen LogP contribution in [0.2, 0.25) is 0 Å². The summed E-state index contributed by atoms with van der Waals surface area (Å²) in [6, 6.07) is 6.48. The Hall–Kier alpha value is -2.08. The second-order valence-electron chi connectivity index (χ2n) is 4.60. The van der Waals surface area contributed by atoms with E-state index in [9.17, 15) is 9.59 Å². The van der Waals surface area contributed by atoms with Crippen molar-refractivity contribution in [3.63, 3.8) is 0 Å². The Bertz CT molecular complexity index is 472. The number of urea groups is 1. The van der Waals surface area contributed by atoms with E-state index in [1.165, 1.54) is 0 Å². The quantitative estimate of drug-likeness (QED) is 0.741. The number of anilines is 1. The molecule has 1 heterocycles. The summed E-state index contributed by atoms with van der Waals surface area (Å²) in [5.41, 5.74) is 7.17. The minimum absolute atomic E-state index is 0.0476. The molecule has 1 aliphatic heterocycles. The zero-order valence-electron chi connectivity index (χ0n) is 10.8. The van der Waals surface area contributed by atoms with Crippen molar-refractivity contribution >= 4 is 17.6 Å². The van der Waals surface area contributed by atoms with Crippen LogP contribution in [-0.4, -0.2) is 36.5 Å². The highest BCUT2D eigenvalue weighted by Crippen LogP contribution is 2.11. The topological polar surface area (TPSA) is 87.5 Å². The molecule has 1 aromatic carbocycles. The van der Waals surface area contributed by atoms with Crippen LogP contribution in [0.15, 0.2) is 24.3 Å². The van der Waals surface area contributed by atoms with Gasteiger partial charge in [-0.1, -0.05) is 12.1 Å². The number of benzene rings is 1. The van der Waals surface area contributed by atoms with Crippen molar-refractivity contribution in [2.45, 2.75) is 19.0 Å². The molecule has 1 atom stereocenters. The van der Waals surface area contributed by atoms with Crippen molar-refractivity contribution in [1.82, 2.24) is 10.2 Å². The van der Waals surface area contributed by atoms with Gasteiger partial charge in [0.05, 0.1) is 0 Å². The summed E-state index contributed by atoms with van der Waals surface area (Å²) in [6.07, 6.45) is 0.648. The molecule has 102 valence electrons. The monoisotopic (exact) mass is 262 g/mol. The molecule has 4 N–H and O–H groups in total. The molecule has 1 aromatic rings. The fourth-order valence-corrected chi connectivity index (χ4v) is 2.01. The molecule has 0 spiro atoms. The molecule has 6 nitrogen and oxygen atoms in total. The standard InChI is InChI=1S/C13H18N4O2/c1-17-7-6-11(12(17)18)16-13(19)15-10-4-2-9(8-14)3-5-10/h2-5,11H,6-8,14H2,1H3,(H2,15,16,19). The highest BCUT2D eigenvalue weighted by molar-refractivity contribution is 5.94. The SMILES string of the molecule is CN1CCC(NC(=O)Nc2ccc(CN)cc2)C1=O. The number of amides is 3. The maximum atomic E-state index is 11.8. The Labute approximate surface area is 112 Å². The van der Waals surface area contributed by atoms with Crippen LogP contribution in [0, 0.1) is 0 Å². The maximum absolute atomic E-state index is 11.8. The van der Waals surface area contributed by atoms with E-state index < -0.39 is 6.04 Å². The van der Waals surface area contributed by atoms with Crippen molar-refractivity contribution in [2.24, 2.45) is 5.73 Å². The predicted octanol–water partition coefficient (Wildman–Crippen LogP) is 0.497. The summed E-state index contributed by atoms with van der Waals surface area (Å²) in [4.78, 5) is 25.0. The van der Waals surface area contributed by atoms with Crippen LogP contribution >= 0.6 is 0 Å². The Morgan fingerprint density at radius 3 is 2.63 bits per heavy atom. The summed E-state index contributed by atoms with van der Waals surface area (Å²) >= 11 is 0. The molecule has 0 radical (unpaired) electrons. The highest BCUT2D eigenvalue weighted by Gasteiger charge is 2.30. The van der Waals surface area contributed by atoms with Crippen LogP contribution in [0.3, 0.4) is 0 Å². The molecule has 3 amide bonds. The van der Waals surface area contributed by atoms with E-state index in [0.29, 0.717) is 25.2 Å². The van der Waals surface area contributed by atoms with Crippen molar-refractivity contribution < 1.29 is 9.59 Å². The van der Waals surface area contributed by atoms with Crippen LogP contribution in [0.5, 0.6) is 0 Å². The first kappa shape index (κ1) is 13.4. The van der Waals surface area contributed by atoms with Gasteiger partial charge in [0, 0.05) is 25.8 Å². The Kier molecular flexibility index (Phi) is 4.01. The van der Waals surface area contributed by atoms with Gasteiger partial charge in [0.15, 0.2) is 0 Å². The van der Waals surface area contributed by atoms with E-state index >= 15 is 0 Å². The third-order valence-electron chi connectivity index (χ3n) is 3.18. The second-order valence-corrected chi connectivity index (χ2v) is 4.60. The zero-order chi connectivity index (χ0) is 13.8. The number of carbonyl (C=O) groups excluding carboxylic acids is 2.